The minimum atomic E-state index is -0.379. The van der Waals surface area contributed by atoms with Crippen molar-refractivity contribution in [3.8, 4) is 23.0 Å². The van der Waals surface area contributed by atoms with Crippen molar-refractivity contribution in [2.45, 2.75) is 25.9 Å². The van der Waals surface area contributed by atoms with Crippen LogP contribution in [0.4, 0.5) is 0 Å². The molecular weight excluding hydrogens is 332 g/mol. The van der Waals surface area contributed by atoms with Crippen LogP contribution in [0.25, 0.3) is 6.08 Å². The first-order valence-corrected chi connectivity index (χ1v) is 8.48. The van der Waals surface area contributed by atoms with Crippen molar-refractivity contribution in [2.75, 3.05) is 13.9 Å². The van der Waals surface area contributed by atoms with Crippen LogP contribution in [0, 0.1) is 0 Å². The Morgan fingerprint density at radius 1 is 1.12 bits per heavy atom. The maximum absolute atomic E-state index is 12.9. The minimum absolute atomic E-state index is 0.0262. The average molecular weight is 352 g/mol. The number of ether oxygens (including phenoxy) is 4. The molecule has 26 heavy (non-hydrogen) atoms. The van der Waals surface area contributed by atoms with Gasteiger partial charge in [0.05, 0.1) is 18.2 Å². The quantitative estimate of drug-likeness (QED) is 0.778. The van der Waals surface area contributed by atoms with Crippen LogP contribution < -0.4 is 18.9 Å². The number of carbonyl (C=O) groups excluding carboxylic acids is 1. The Morgan fingerprint density at radius 3 is 2.69 bits per heavy atom. The zero-order valence-electron chi connectivity index (χ0n) is 15.0. The third kappa shape index (κ3) is 2.90. The van der Waals surface area contributed by atoms with E-state index in [0.717, 1.165) is 11.1 Å². The first kappa shape index (κ1) is 16.5. The second-order valence-corrected chi connectivity index (χ2v) is 6.88. The molecule has 2 aliphatic rings. The molecule has 2 aromatic carbocycles. The number of rotatable bonds is 4. The van der Waals surface area contributed by atoms with Gasteiger partial charge in [-0.25, -0.2) is 0 Å². The number of Topliss-reactive ketones (excluding diaryl/α,β-unsaturated/α-hetero) is 1. The molecular formula is C21H20O5. The molecule has 2 heterocycles. The van der Waals surface area contributed by atoms with E-state index in [4.69, 9.17) is 18.9 Å². The van der Waals surface area contributed by atoms with Crippen LogP contribution in [-0.4, -0.2) is 25.3 Å². The fourth-order valence-electron chi connectivity index (χ4n) is 3.20. The van der Waals surface area contributed by atoms with Crippen molar-refractivity contribution in [2.24, 2.45) is 0 Å². The summed E-state index contributed by atoms with van der Waals surface area (Å²) < 4.78 is 22.2. The molecule has 0 N–H and O–H groups in total. The molecule has 2 aliphatic heterocycles. The fourth-order valence-corrected chi connectivity index (χ4v) is 3.20. The number of ketones is 1. The molecule has 0 unspecified atom stereocenters. The van der Waals surface area contributed by atoms with Gasteiger partial charge in [0.2, 0.25) is 6.79 Å². The zero-order valence-corrected chi connectivity index (χ0v) is 15.0. The molecule has 0 saturated carbocycles. The molecule has 2 aromatic rings. The van der Waals surface area contributed by atoms with Gasteiger partial charge >= 0.3 is 0 Å². The summed E-state index contributed by atoms with van der Waals surface area (Å²) in [4.78, 5) is 12.9. The van der Waals surface area contributed by atoms with Crippen molar-refractivity contribution in [1.29, 1.82) is 0 Å². The monoisotopic (exact) mass is 352 g/mol. The normalized spacial score (nSPS) is 16.0. The topological polar surface area (TPSA) is 54.0 Å². The number of hydrogen-bond acceptors (Lipinski definition) is 5. The Hall–Kier alpha value is -2.95. The van der Waals surface area contributed by atoms with E-state index < -0.39 is 0 Å². The maximum atomic E-state index is 12.9. The largest absolute Gasteiger partial charge is 0.495 e. The number of methoxy groups -OCH3 is 1. The van der Waals surface area contributed by atoms with Crippen LogP contribution in [-0.2, 0) is 6.42 Å². The van der Waals surface area contributed by atoms with E-state index in [1.54, 1.807) is 13.2 Å². The summed E-state index contributed by atoms with van der Waals surface area (Å²) in [7, 11) is 1.57. The zero-order chi connectivity index (χ0) is 18.3. The lowest BCUT2D eigenvalue weighted by Gasteiger charge is -2.29. The van der Waals surface area contributed by atoms with Crippen molar-refractivity contribution in [1.82, 2.24) is 0 Å². The van der Waals surface area contributed by atoms with Crippen LogP contribution in [0.2, 0.25) is 0 Å². The number of fused-ring (bicyclic) bond motifs is 2. The highest BCUT2D eigenvalue weighted by molar-refractivity contribution is 6.01. The van der Waals surface area contributed by atoms with Crippen molar-refractivity contribution in [3.05, 3.63) is 53.1 Å². The second-order valence-electron chi connectivity index (χ2n) is 6.88. The SMILES string of the molecule is COc1c(C(=O)Cc2ccc3c(c2)OCO3)ccc2c1C=CC(C)(C)O2. The van der Waals surface area contributed by atoms with Crippen molar-refractivity contribution < 1.29 is 23.7 Å². The molecule has 4 rings (SSSR count). The molecule has 0 aliphatic carbocycles. The maximum Gasteiger partial charge on any atom is 0.231 e. The van der Waals surface area contributed by atoms with E-state index in [9.17, 15) is 4.79 Å². The third-order valence-electron chi connectivity index (χ3n) is 4.49. The van der Waals surface area contributed by atoms with E-state index in [0.29, 0.717) is 28.6 Å². The lowest BCUT2D eigenvalue weighted by molar-refractivity contribution is 0.0989. The average Bonchev–Trinajstić information content (AvgIpc) is 3.07. The Kier molecular flexibility index (Phi) is 3.87. The predicted octanol–water partition coefficient (Wildman–Crippen LogP) is 4.03. The minimum Gasteiger partial charge on any atom is -0.495 e. The van der Waals surface area contributed by atoms with Gasteiger partial charge in [-0.05, 0) is 55.8 Å². The highest BCUT2D eigenvalue weighted by Crippen LogP contribution is 2.39. The summed E-state index contributed by atoms with van der Waals surface area (Å²) in [5.41, 5.74) is 1.82. The second kappa shape index (κ2) is 6.09. The lowest BCUT2D eigenvalue weighted by Crippen LogP contribution is -2.27. The summed E-state index contributed by atoms with van der Waals surface area (Å²) in [6.07, 6.45) is 4.17. The van der Waals surface area contributed by atoms with Crippen LogP contribution in [0.3, 0.4) is 0 Å². The molecule has 0 spiro atoms. The van der Waals surface area contributed by atoms with Gasteiger partial charge < -0.3 is 18.9 Å². The van der Waals surface area contributed by atoms with E-state index in [1.807, 2.05) is 50.3 Å². The first-order chi connectivity index (χ1) is 12.5. The molecule has 0 aromatic heterocycles. The number of hydrogen-bond donors (Lipinski definition) is 0. The molecule has 0 amide bonds. The highest BCUT2D eigenvalue weighted by atomic mass is 16.7. The summed E-state index contributed by atoms with van der Waals surface area (Å²) in [5, 5.41) is 0. The lowest BCUT2D eigenvalue weighted by atomic mass is 9.96. The van der Waals surface area contributed by atoms with E-state index >= 15 is 0 Å². The summed E-state index contributed by atoms with van der Waals surface area (Å²) in [5.74, 6) is 2.61. The van der Waals surface area contributed by atoms with Crippen LogP contribution in [0.15, 0.2) is 36.4 Å². The summed E-state index contributed by atoms with van der Waals surface area (Å²) in [6.45, 7) is 4.18. The number of carbonyl (C=O) groups is 1. The molecule has 134 valence electrons. The van der Waals surface area contributed by atoms with Gasteiger partial charge in [0.25, 0.3) is 0 Å². The molecule has 0 saturated heterocycles. The van der Waals surface area contributed by atoms with Gasteiger partial charge in [0, 0.05) is 6.42 Å². The van der Waals surface area contributed by atoms with Gasteiger partial charge in [0.1, 0.15) is 17.1 Å². The van der Waals surface area contributed by atoms with Gasteiger partial charge in [-0.2, -0.15) is 0 Å². The Morgan fingerprint density at radius 2 is 1.88 bits per heavy atom. The first-order valence-electron chi connectivity index (χ1n) is 8.48. The standard InChI is InChI=1S/C21H20O5/c1-21(2)9-8-15-17(26-21)7-5-14(20(15)23-3)16(22)10-13-4-6-18-19(11-13)25-12-24-18/h4-9,11H,10,12H2,1-3H3. The van der Waals surface area contributed by atoms with E-state index in [-0.39, 0.29) is 24.6 Å². The fraction of sp³-hybridized carbons (Fsp3) is 0.286. The van der Waals surface area contributed by atoms with Crippen LogP contribution in [0.5, 0.6) is 23.0 Å². The number of benzene rings is 2. The smallest absolute Gasteiger partial charge is 0.231 e. The summed E-state index contributed by atoms with van der Waals surface area (Å²) in [6, 6.07) is 9.14. The van der Waals surface area contributed by atoms with Gasteiger partial charge in [-0.3, -0.25) is 4.79 Å². The van der Waals surface area contributed by atoms with E-state index in [1.165, 1.54) is 0 Å². The van der Waals surface area contributed by atoms with Gasteiger partial charge in [-0.1, -0.05) is 6.07 Å². The molecule has 0 atom stereocenters. The Labute approximate surface area is 152 Å². The summed E-state index contributed by atoms with van der Waals surface area (Å²) >= 11 is 0. The Balaban J connectivity index is 1.64. The molecule has 5 heteroatoms. The third-order valence-corrected chi connectivity index (χ3v) is 4.49. The molecule has 0 fully saturated rings. The molecule has 5 nitrogen and oxygen atoms in total. The van der Waals surface area contributed by atoms with Gasteiger partial charge in [0.15, 0.2) is 17.3 Å². The van der Waals surface area contributed by atoms with Crippen molar-refractivity contribution >= 4 is 11.9 Å². The predicted molar refractivity (Wildman–Crippen MR) is 97.3 cm³/mol. The van der Waals surface area contributed by atoms with Crippen LogP contribution >= 0.6 is 0 Å². The van der Waals surface area contributed by atoms with Crippen molar-refractivity contribution in [3.63, 3.8) is 0 Å². The van der Waals surface area contributed by atoms with Crippen LogP contribution in [0.1, 0.15) is 35.3 Å². The molecule has 0 bridgehead atoms. The van der Waals surface area contributed by atoms with E-state index in [2.05, 4.69) is 0 Å². The highest BCUT2D eigenvalue weighted by Gasteiger charge is 2.26. The Bertz CT molecular complexity index is 911. The molecule has 0 radical (unpaired) electrons. The van der Waals surface area contributed by atoms with Gasteiger partial charge in [-0.15, -0.1) is 0 Å².